The lowest BCUT2D eigenvalue weighted by Gasteiger charge is -2.12. The third-order valence-corrected chi connectivity index (χ3v) is 11.7. The minimum absolute atomic E-state index is 1.16. The van der Waals surface area contributed by atoms with Gasteiger partial charge in [0.05, 0.1) is 22.1 Å². The summed E-state index contributed by atoms with van der Waals surface area (Å²) in [6.07, 6.45) is 0. The number of hydrogen-bond donors (Lipinski definition) is 0. The van der Waals surface area contributed by atoms with Crippen LogP contribution in [0.2, 0.25) is 0 Å². The molecule has 8 aromatic carbocycles. The Hall–Kier alpha value is -6.42. The SMILES string of the molecule is c1ccc(-c2ccc(-n3c4ccccc4c4cc5c(cc43)c3ccccc3n5-c3cccc(-c4cccc5sc6ccccc6c45)c3)cc2)cc1. The Balaban J connectivity index is 1.14. The van der Waals surface area contributed by atoms with Gasteiger partial charge in [0, 0.05) is 53.1 Å². The van der Waals surface area contributed by atoms with Crippen molar-refractivity contribution in [1.29, 1.82) is 0 Å². The van der Waals surface area contributed by atoms with Gasteiger partial charge in [0.2, 0.25) is 0 Å². The first kappa shape index (κ1) is 28.4. The van der Waals surface area contributed by atoms with Crippen LogP contribution >= 0.6 is 11.3 Å². The van der Waals surface area contributed by atoms with Gasteiger partial charge in [-0.2, -0.15) is 0 Å². The summed E-state index contributed by atoms with van der Waals surface area (Å²) in [6, 6.07) is 66.7. The summed E-state index contributed by atoms with van der Waals surface area (Å²) in [5, 5.41) is 7.66. The van der Waals surface area contributed by atoms with Gasteiger partial charge in [-0.05, 0) is 82.9 Å². The van der Waals surface area contributed by atoms with Crippen LogP contribution in [0.25, 0.3) is 97.4 Å². The van der Waals surface area contributed by atoms with E-state index in [-0.39, 0.29) is 0 Å². The zero-order valence-corrected chi connectivity index (χ0v) is 28.4. The largest absolute Gasteiger partial charge is 0.309 e. The third kappa shape index (κ3) is 4.29. The summed E-state index contributed by atoms with van der Waals surface area (Å²) >= 11 is 1.87. The maximum Gasteiger partial charge on any atom is 0.0548 e. The van der Waals surface area contributed by atoms with Crippen molar-refractivity contribution >= 4 is 75.1 Å². The number of fused-ring (bicyclic) bond motifs is 9. The molecule has 0 amide bonds. The van der Waals surface area contributed by atoms with Crippen LogP contribution in [0.5, 0.6) is 0 Å². The molecule has 0 saturated carbocycles. The standard InChI is InChI=1S/C48H30N2S/c1-2-12-31(13-3-1)32-24-26-34(27-25-32)49-42-20-7-4-16-37(42)40-30-45-41(29-44(40)49)38-17-5-8-21-43(38)50(45)35-15-10-14-33(28-35)36-19-11-23-47-48(36)39-18-6-9-22-46(39)51-47/h1-30H. The van der Waals surface area contributed by atoms with Gasteiger partial charge in [0.15, 0.2) is 0 Å². The van der Waals surface area contributed by atoms with E-state index >= 15 is 0 Å². The number of hydrogen-bond acceptors (Lipinski definition) is 1. The molecule has 0 atom stereocenters. The predicted octanol–water partition coefficient (Wildman–Crippen LogP) is 13.6. The molecule has 3 heterocycles. The highest BCUT2D eigenvalue weighted by atomic mass is 32.1. The van der Waals surface area contributed by atoms with E-state index in [2.05, 4.69) is 191 Å². The highest BCUT2D eigenvalue weighted by Crippen LogP contribution is 2.42. The zero-order chi connectivity index (χ0) is 33.5. The first-order chi connectivity index (χ1) is 25.3. The quantitative estimate of drug-likeness (QED) is 0.177. The van der Waals surface area contributed by atoms with Gasteiger partial charge in [-0.15, -0.1) is 11.3 Å². The topological polar surface area (TPSA) is 9.86 Å². The molecule has 2 nitrogen and oxygen atoms in total. The fourth-order valence-electron chi connectivity index (χ4n) is 8.25. The summed E-state index contributed by atoms with van der Waals surface area (Å²) in [4.78, 5) is 0. The van der Waals surface area contributed by atoms with Gasteiger partial charge >= 0.3 is 0 Å². The average Bonchev–Trinajstić information content (AvgIpc) is 3.85. The molecule has 51 heavy (non-hydrogen) atoms. The molecule has 11 aromatic rings. The monoisotopic (exact) mass is 666 g/mol. The number of nitrogens with zero attached hydrogens (tertiary/aromatic N) is 2. The van der Waals surface area contributed by atoms with Gasteiger partial charge in [0.1, 0.15) is 0 Å². The summed E-state index contributed by atoms with van der Waals surface area (Å²) in [5.74, 6) is 0. The average molecular weight is 667 g/mol. The summed E-state index contributed by atoms with van der Waals surface area (Å²) in [5.41, 5.74) is 12.1. The maximum absolute atomic E-state index is 2.46. The van der Waals surface area contributed by atoms with Crippen molar-refractivity contribution in [3.8, 4) is 33.6 Å². The predicted molar refractivity (Wildman–Crippen MR) is 219 cm³/mol. The number of aromatic nitrogens is 2. The minimum Gasteiger partial charge on any atom is -0.309 e. The van der Waals surface area contributed by atoms with Crippen LogP contribution in [-0.2, 0) is 0 Å². The molecule has 0 saturated heterocycles. The zero-order valence-electron chi connectivity index (χ0n) is 27.6. The van der Waals surface area contributed by atoms with Crippen molar-refractivity contribution in [2.45, 2.75) is 0 Å². The molecular weight excluding hydrogens is 637 g/mol. The second-order valence-electron chi connectivity index (χ2n) is 13.3. The smallest absolute Gasteiger partial charge is 0.0548 e. The number of rotatable bonds is 4. The van der Waals surface area contributed by atoms with Gasteiger partial charge in [-0.25, -0.2) is 0 Å². The first-order valence-electron chi connectivity index (χ1n) is 17.4. The molecule has 0 bridgehead atoms. The first-order valence-corrected chi connectivity index (χ1v) is 18.3. The molecule has 3 heteroatoms. The van der Waals surface area contributed by atoms with Crippen molar-refractivity contribution in [2.24, 2.45) is 0 Å². The van der Waals surface area contributed by atoms with Crippen molar-refractivity contribution in [2.75, 3.05) is 0 Å². The molecule has 0 aliphatic heterocycles. The Bertz CT molecular complexity index is 3120. The van der Waals surface area contributed by atoms with Crippen LogP contribution in [-0.4, -0.2) is 9.13 Å². The Kier molecular flexibility index (Phi) is 6.16. The van der Waals surface area contributed by atoms with Gasteiger partial charge in [-0.1, -0.05) is 121 Å². The van der Waals surface area contributed by atoms with E-state index < -0.39 is 0 Å². The lowest BCUT2D eigenvalue weighted by Crippen LogP contribution is -1.95. The van der Waals surface area contributed by atoms with Gasteiger partial charge in [0.25, 0.3) is 0 Å². The number of benzene rings is 8. The Morgan fingerprint density at radius 3 is 1.59 bits per heavy atom. The molecule has 0 aliphatic carbocycles. The van der Waals surface area contributed by atoms with Crippen molar-refractivity contribution < 1.29 is 0 Å². The van der Waals surface area contributed by atoms with E-state index in [1.54, 1.807) is 0 Å². The Morgan fingerprint density at radius 2 is 0.863 bits per heavy atom. The summed E-state index contributed by atoms with van der Waals surface area (Å²) in [6.45, 7) is 0. The minimum atomic E-state index is 1.16. The highest BCUT2D eigenvalue weighted by molar-refractivity contribution is 7.25. The van der Waals surface area contributed by atoms with E-state index in [0.29, 0.717) is 0 Å². The van der Waals surface area contributed by atoms with E-state index in [9.17, 15) is 0 Å². The Labute approximate surface area is 298 Å². The van der Waals surface area contributed by atoms with E-state index in [1.165, 1.54) is 86.0 Å². The summed E-state index contributed by atoms with van der Waals surface area (Å²) < 4.78 is 7.54. The second kappa shape index (κ2) is 11.0. The molecule has 0 spiro atoms. The van der Waals surface area contributed by atoms with Crippen molar-refractivity contribution in [3.63, 3.8) is 0 Å². The molecule has 0 fully saturated rings. The molecule has 0 radical (unpaired) electrons. The lowest BCUT2D eigenvalue weighted by atomic mass is 9.99. The fraction of sp³-hybridized carbons (Fsp3) is 0. The molecular formula is C48H30N2S. The van der Waals surface area contributed by atoms with Gasteiger partial charge < -0.3 is 9.13 Å². The van der Waals surface area contributed by atoms with Crippen LogP contribution in [0.4, 0.5) is 0 Å². The number of thiophene rings is 1. The maximum atomic E-state index is 2.46. The fourth-order valence-corrected chi connectivity index (χ4v) is 9.38. The van der Waals surface area contributed by atoms with Crippen molar-refractivity contribution in [3.05, 3.63) is 182 Å². The number of para-hydroxylation sites is 2. The second-order valence-corrected chi connectivity index (χ2v) is 14.4. The van der Waals surface area contributed by atoms with E-state index in [1.807, 2.05) is 11.3 Å². The summed E-state index contributed by atoms with van der Waals surface area (Å²) in [7, 11) is 0. The molecule has 3 aromatic heterocycles. The molecule has 0 unspecified atom stereocenters. The van der Waals surface area contributed by atoms with E-state index in [0.717, 1.165) is 11.4 Å². The van der Waals surface area contributed by atoms with Crippen LogP contribution in [0, 0.1) is 0 Å². The van der Waals surface area contributed by atoms with Crippen LogP contribution in [0.15, 0.2) is 182 Å². The van der Waals surface area contributed by atoms with Crippen LogP contribution < -0.4 is 0 Å². The van der Waals surface area contributed by atoms with E-state index in [4.69, 9.17) is 0 Å². The molecule has 0 aliphatic rings. The van der Waals surface area contributed by atoms with Crippen LogP contribution in [0.3, 0.4) is 0 Å². The van der Waals surface area contributed by atoms with Gasteiger partial charge in [-0.3, -0.25) is 0 Å². The Morgan fingerprint density at radius 1 is 0.314 bits per heavy atom. The molecule has 0 N–H and O–H groups in total. The molecule has 11 rings (SSSR count). The normalized spacial score (nSPS) is 11.9. The lowest BCUT2D eigenvalue weighted by molar-refractivity contribution is 1.17. The highest BCUT2D eigenvalue weighted by Gasteiger charge is 2.19. The van der Waals surface area contributed by atoms with Crippen molar-refractivity contribution in [1.82, 2.24) is 9.13 Å². The third-order valence-electron chi connectivity index (χ3n) is 10.5. The van der Waals surface area contributed by atoms with Crippen LogP contribution in [0.1, 0.15) is 0 Å². The molecule has 238 valence electrons.